The molecule has 9 atom stereocenters. The normalized spacial score (nSPS) is 33.5. The quantitative estimate of drug-likeness (QED) is 0.370. The van der Waals surface area contributed by atoms with E-state index in [1.54, 1.807) is 0 Å². The van der Waals surface area contributed by atoms with Gasteiger partial charge in [-0.25, -0.2) is 0 Å². The highest BCUT2D eigenvalue weighted by Crippen LogP contribution is 2.43. The van der Waals surface area contributed by atoms with E-state index in [2.05, 4.69) is 26.8 Å². The minimum absolute atomic E-state index is 0.0366. The number of aromatic hydroxyl groups is 1. The Bertz CT molecular complexity index is 1020. The number of aromatic nitrogens is 1. The van der Waals surface area contributed by atoms with Crippen LogP contribution in [0.3, 0.4) is 0 Å². The fourth-order valence-corrected chi connectivity index (χ4v) is 5.49. The number of aliphatic hydroxyl groups excluding tert-OH is 4. The first kappa shape index (κ1) is 27.6. The number of hydrogen-bond donors (Lipinski definition) is 5. The first-order valence-corrected chi connectivity index (χ1v) is 12.5. The summed E-state index contributed by atoms with van der Waals surface area (Å²) in [5.74, 6) is -0.563. The SMILES string of the molecule is CC[C@@H](C)C[C@H](C)/C=C(\C)[C@H]1O[C@@H](c2c(O)c([C@@H]3[C@H](O)[C@H](O)[C@H](O)[C@@H]3O)cn(C)c2=O)CC=C1C. The average molecular weight is 492 g/mol. The van der Waals surface area contributed by atoms with E-state index >= 15 is 0 Å². The smallest absolute Gasteiger partial charge is 0.259 e. The maximum absolute atomic E-state index is 13.1. The molecule has 5 N–H and O–H groups in total. The molecule has 8 nitrogen and oxygen atoms in total. The van der Waals surface area contributed by atoms with E-state index in [4.69, 9.17) is 4.74 Å². The number of hydrogen-bond acceptors (Lipinski definition) is 7. The third kappa shape index (κ3) is 5.42. The van der Waals surface area contributed by atoms with Crippen molar-refractivity contribution in [1.29, 1.82) is 0 Å². The van der Waals surface area contributed by atoms with E-state index in [1.165, 1.54) is 17.8 Å². The Morgan fingerprint density at radius 2 is 1.77 bits per heavy atom. The van der Waals surface area contributed by atoms with Crippen LogP contribution in [0.15, 0.2) is 34.3 Å². The molecule has 1 aromatic heterocycles. The van der Waals surface area contributed by atoms with Gasteiger partial charge in [0.05, 0.1) is 30.0 Å². The van der Waals surface area contributed by atoms with Crippen molar-refractivity contribution in [3.8, 4) is 5.75 Å². The lowest BCUT2D eigenvalue weighted by molar-refractivity contribution is -0.0413. The Morgan fingerprint density at radius 3 is 2.34 bits per heavy atom. The van der Waals surface area contributed by atoms with Crippen LogP contribution in [0.5, 0.6) is 5.75 Å². The number of aliphatic hydroxyl groups is 4. The Balaban J connectivity index is 1.96. The molecule has 0 spiro atoms. The number of nitrogens with zero attached hydrogens (tertiary/aromatic N) is 1. The summed E-state index contributed by atoms with van der Waals surface area (Å²) in [4.78, 5) is 13.1. The van der Waals surface area contributed by atoms with Gasteiger partial charge in [0.25, 0.3) is 5.56 Å². The number of allylic oxidation sites excluding steroid dienone is 1. The largest absolute Gasteiger partial charge is 0.507 e. The van der Waals surface area contributed by atoms with Gasteiger partial charge in [0, 0.05) is 24.7 Å². The van der Waals surface area contributed by atoms with Gasteiger partial charge in [0.15, 0.2) is 0 Å². The second kappa shape index (κ2) is 11.0. The third-order valence-electron chi connectivity index (χ3n) is 7.68. The van der Waals surface area contributed by atoms with Gasteiger partial charge in [-0.2, -0.15) is 0 Å². The molecule has 0 amide bonds. The van der Waals surface area contributed by atoms with Crippen LogP contribution < -0.4 is 5.56 Å². The van der Waals surface area contributed by atoms with Crippen LogP contribution in [0.1, 0.15) is 77.0 Å². The van der Waals surface area contributed by atoms with Crippen molar-refractivity contribution in [2.75, 3.05) is 0 Å². The van der Waals surface area contributed by atoms with Crippen molar-refractivity contribution in [3.63, 3.8) is 0 Å². The highest BCUT2D eigenvalue weighted by Gasteiger charge is 2.50. The maximum atomic E-state index is 13.1. The van der Waals surface area contributed by atoms with Gasteiger partial charge in [0.2, 0.25) is 0 Å². The molecule has 1 saturated carbocycles. The first-order chi connectivity index (χ1) is 16.4. The molecule has 0 saturated heterocycles. The van der Waals surface area contributed by atoms with Gasteiger partial charge in [-0.15, -0.1) is 0 Å². The number of ether oxygens (including phenoxy) is 1. The zero-order chi connectivity index (χ0) is 26.2. The Labute approximate surface area is 207 Å². The van der Waals surface area contributed by atoms with Gasteiger partial charge in [-0.05, 0) is 49.7 Å². The molecule has 1 aliphatic carbocycles. The van der Waals surface area contributed by atoms with E-state index < -0.39 is 42.0 Å². The summed E-state index contributed by atoms with van der Waals surface area (Å²) in [6.07, 6.45) is 0.890. The second-order valence-electron chi connectivity index (χ2n) is 10.6. The molecule has 0 bridgehead atoms. The Hall–Kier alpha value is -1.97. The molecular weight excluding hydrogens is 450 g/mol. The van der Waals surface area contributed by atoms with Crippen molar-refractivity contribution in [1.82, 2.24) is 4.57 Å². The van der Waals surface area contributed by atoms with Crippen LogP contribution in [0, 0.1) is 11.8 Å². The summed E-state index contributed by atoms with van der Waals surface area (Å²) in [5, 5.41) is 52.1. The highest BCUT2D eigenvalue weighted by atomic mass is 16.5. The van der Waals surface area contributed by atoms with Crippen molar-refractivity contribution in [2.24, 2.45) is 18.9 Å². The topological polar surface area (TPSA) is 132 Å². The highest BCUT2D eigenvalue weighted by molar-refractivity contribution is 5.44. The Kier molecular flexibility index (Phi) is 8.65. The van der Waals surface area contributed by atoms with Crippen LogP contribution >= 0.6 is 0 Å². The summed E-state index contributed by atoms with van der Waals surface area (Å²) in [5.41, 5.74) is 1.75. The molecule has 0 unspecified atom stereocenters. The van der Waals surface area contributed by atoms with E-state index in [-0.39, 0.29) is 23.0 Å². The molecule has 2 heterocycles. The fourth-order valence-electron chi connectivity index (χ4n) is 5.49. The molecule has 8 heteroatoms. The number of aryl methyl sites for hydroxylation is 1. The van der Waals surface area contributed by atoms with E-state index in [1.807, 2.05) is 19.9 Å². The summed E-state index contributed by atoms with van der Waals surface area (Å²) in [6, 6.07) is 0. The molecule has 0 aromatic carbocycles. The van der Waals surface area contributed by atoms with Crippen molar-refractivity contribution < 1.29 is 30.3 Å². The minimum Gasteiger partial charge on any atom is -0.507 e. The molecular formula is C27H41NO7. The van der Waals surface area contributed by atoms with Crippen LogP contribution in [-0.2, 0) is 11.8 Å². The average Bonchev–Trinajstić information content (AvgIpc) is 2.99. The zero-order valence-corrected chi connectivity index (χ0v) is 21.5. The van der Waals surface area contributed by atoms with E-state index in [0.29, 0.717) is 18.3 Å². The minimum atomic E-state index is -1.57. The molecule has 0 radical (unpaired) electrons. The van der Waals surface area contributed by atoms with Crippen LogP contribution in [0.2, 0.25) is 0 Å². The van der Waals surface area contributed by atoms with Gasteiger partial charge in [-0.1, -0.05) is 39.3 Å². The molecule has 2 aliphatic rings. The van der Waals surface area contributed by atoms with Gasteiger partial charge in [0.1, 0.15) is 18.0 Å². The van der Waals surface area contributed by atoms with Gasteiger partial charge < -0.3 is 34.8 Å². The van der Waals surface area contributed by atoms with Crippen LogP contribution in [0.4, 0.5) is 0 Å². The van der Waals surface area contributed by atoms with E-state index in [9.17, 15) is 30.3 Å². The zero-order valence-electron chi connectivity index (χ0n) is 21.5. The number of rotatable bonds is 7. The fraction of sp³-hybridized carbons (Fsp3) is 0.667. The first-order valence-electron chi connectivity index (χ1n) is 12.5. The van der Waals surface area contributed by atoms with Crippen molar-refractivity contribution in [2.45, 2.75) is 96.4 Å². The predicted molar refractivity (Wildman–Crippen MR) is 133 cm³/mol. The van der Waals surface area contributed by atoms with Crippen molar-refractivity contribution >= 4 is 0 Å². The summed E-state index contributed by atoms with van der Waals surface area (Å²) in [6.45, 7) is 10.6. The predicted octanol–water partition coefficient (Wildman–Crippen LogP) is 2.43. The molecule has 196 valence electrons. The maximum Gasteiger partial charge on any atom is 0.259 e. The van der Waals surface area contributed by atoms with Crippen molar-refractivity contribution in [3.05, 3.63) is 51.0 Å². The lowest BCUT2D eigenvalue weighted by Gasteiger charge is -2.32. The summed E-state index contributed by atoms with van der Waals surface area (Å²) < 4.78 is 7.64. The standard InChI is InChI=1S/C27H41NO7/c1-7-13(2)10-14(3)11-16(5)26-15(4)8-9-18(35-26)20-21(29)17(12-28(6)27(20)34)19-22(30)24(32)25(33)23(19)31/h8,11-14,18-19,22-26,29-33H,7,9-10H2,1-6H3/b16-11+/t13-,14+,18-,19-,22+,23-,24+,25-,26+/m1/s1. The molecule has 1 aliphatic heterocycles. The van der Waals surface area contributed by atoms with Crippen LogP contribution in [-0.4, -0.2) is 60.6 Å². The molecule has 1 aromatic rings. The Morgan fingerprint density at radius 1 is 1.17 bits per heavy atom. The number of pyridine rings is 1. The third-order valence-corrected chi connectivity index (χ3v) is 7.68. The van der Waals surface area contributed by atoms with E-state index in [0.717, 1.165) is 24.0 Å². The lowest BCUT2D eigenvalue weighted by Crippen LogP contribution is -2.32. The van der Waals surface area contributed by atoms with Gasteiger partial charge >= 0.3 is 0 Å². The molecule has 1 fully saturated rings. The molecule has 35 heavy (non-hydrogen) atoms. The van der Waals surface area contributed by atoms with Crippen LogP contribution in [0.25, 0.3) is 0 Å². The summed E-state index contributed by atoms with van der Waals surface area (Å²) in [7, 11) is 1.51. The molecule has 3 rings (SSSR count). The lowest BCUT2D eigenvalue weighted by atomic mass is 9.89. The van der Waals surface area contributed by atoms with Gasteiger partial charge in [-0.3, -0.25) is 4.79 Å². The monoisotopic (exact) mass is 491 g/mol. The second-order valence-corrected chi connectivity index (χ2v) is 10.6. The summed E-state index contributed by atoms with van der Waals surface area (Å²) >= 11 is 0.